The minimum Gasteiger partial charge on any atom is -0.269 e. The van der Waals surface area contributed by atoms with E-state index in [1.54, 1.807) is 30.3 Å². The number of oxime groups is 1. The molecular weight excluding hydrogens is 475 g/mol. The van der Waals surface area contributed by atoms with Crippen molar-refractivity contribution in [2.75, 3.05) is 10.8 Å². The molecule has 0 fully saturated rings. The highest BCUT2D eigenvalue weighted by Crippen LogP contribution is 2.36. The zero-order chi connectivity index (χ0) is 22.2. The van der Waals surface area contributed by atoms with Crippen LogP contribution in [0, 0.1) is 0 Å². The van der Waals surface area contributed by atoms with Crippen LogP contribution in [-0.2, 0) is 25.6 Å². The van der Waals surface area contributed by atoms with Gasteiger partial charge in [-0.2, -0.15) is 17.4 Å². The van der Waals surface area contributed by atoms with Gasteiger partial charge in [0.2, 0.25) is 0 Å². The summed E-state index contributed by atoms with van der Waals surface area (Å²) in [6.07, 6.45) is -5.81. The highest BCUT2D eigenvalue weighted by molar-refractivity contribution is 7.93. The fourth-order valence-corrected chi connectivity index (χ4v) is 6.13. The molecule has 164 valence electrons. The topological polar surface area (TPSA) is 88.1 Å². The zero-order valence-electron chi connectivity index (χ0n) is 15.5. The van der Waals surface area contributed by atoms with Gasteiger partial charge in [-0.15, -0.1) is 11.3 Å². The molecule has 1 N–H and O–H groups in total. The normalized spacial score (nSPS) is 16.6. The standard InChI is InChI=1S/C18H14F3N3O4S3/c19-18(20,21)9-10-24(16-11-13-3-1-2-4-15(13)29-16)31(26,27)14-7-5-12(6-8-14)17-22-28-30(25)23-17/h1-8,11H,9-10H2,(H,22,23). The monoisotopic (exact) mass is 489 g/mol. The number of nitrogens with zero attached hydrogens (tertiary/aromatic N) is 2. The smallest absolute Gasteiger partial charge is 0.269 e. The molecule has 0 amide bonds. The number of halogens is 3. The molecule has 0 bridgehead atoms. The Balaban J connectivity index is 1.69. The first-order valence-electron chi connectivity index (χ1n) is 8.76. The van der Waals surface area contributed by atoms with E-state index in [9.17, 15) is 25.8 Å². The molecule has 7 nitrogen and oxygen atoms in total. The number of alkyl halides is 3. The number of thiophene rings is 1. The van der Waals surface area contributed by atoms with E-state index in [1.165, 1.54) is 24.3 Å². The molecule has 0 aliphatic carbocycles. The Morgan fingerprint density at radius 2 is 1.84 bits per heavy atom. The number of nitrogens with one attached hydrogen (secondary N) is 1. The fourth-order valence-electron chi connectivity index (χ4n) is 2.88. The van der Waals surface area contributed by atoms with Gasteiger partial charge in [0.25, 0.3) is 10.0 Å². The van der Waals surface area contributed by atoms with Gasteiger partial charge in [0.15, 0.2) is 5.84 Å². The van der Waals surface area contributed by atoms with Gasteiger partial charge in [0.05, 0.1) is 11.3 Å². The third-order valence-electron chi connectivity index (χ3n) is 4.35. The van der Waals surface area contributed by atoms with E-state index in [1.807, 2.05) is 0 Å². The van der Waals surface area contributed by atoms with Crippen LogP contribution in [-0.4, -0.2) is 31.2 Å². The molecule has 2 aromatic carbocycles. The molecule has 0 saturated carbocycles. The molecule has 0 spiro atoms. The molecule has 13 heteroatoms. The number of hydrogen-bond donors (Lipinski definition) is 1. The maximum Gasteiger partial charge on any atom is 0.390 e. The van der Waals surface area contributed by atoms with Crippen molar-refractivity contribution in [3.8, 4) is 0 Å². The van der Waals surface area contributed by atoms with Gasteiger partial charge in [0, 0.05) is 16.8 Å². The zero-order valence-corrected chi connectivity index (χ0v) is 17.9. The summed E-state index contributed by atoms with van der Waals surface area (Å²) in [6, 6.07) is 13.9. The SMILES string of the molecule is O=S1NC(c2ccc(S(=O)(=O)N(CCC(F)(F)F)c3cc4ccccc4s3)cc2)=NO1. The Hall–Kier alpha value is -2.64. The van der Waals surface area contributed by atoms with Crippen molar-refractivity contribution >= 4 is 53.5 Å². The summed E-state index contributed by atoms with van der Waals surface area (Å²) in [6.45, 7) is -0.749. The maximum absolute atomic E-state index is 13.3. The van der Waals surface area contributed by atoms with Crippen molar-refractivity contribution in [1.82, 2.24) is 4.72 Å². The van der Waals surface area contributed by atoms with Gasteiger partial charge in [-0.3, -0.25) is 13.3 Å². The van der Waals surface area contributed by atoms with Crippen molar-refractivity contribution in [2.24, 2.45) is 5.16 Å². The molecule has 1 unspecified atom stereocenters. The van der Waals surface area contributed by atoms with Crippen LogP contribution < -0.4 is 9.03 Å². The summed E-state index contributed by atoms with van der Waals surface area (Å²) in [5.74, 6) is 0.153. The first-order valence-corrected chi connectivity index (χ1v) is 12.1. The molecule has 1 aromatic heterocycles. The van der Waals surface area contributed by atoms with E-state index >= 15 is 0 Å². The highest BCUT2D eigenvalue weighted by Gasteiger charge is 2.33. The first-order chi connectivity index (χ1) is 14.6. The number of fused-ring (bicyclic) bond motifs is 1. The Kier molecular flexibility index (Phi) is 5.66. The predicted octanol–water partition coefficient (Wildman–Crippen LogP) is 3.91. The Morgan fingerprint density at radius 3 is 2.45 bits per heavy atom. The van der Waals surface area contributed by atoms with Crippen molar-refractivity contribution < 1.29 is 30.1 Å². The molecule has 4 rings (SSSR count). The molecule has 1 aliphatic rings. The van der Waals surface area contributed by atoms with Crippen LogP contribution in [0.5, 0.6) is 0 Å². The van der Waals surface area contributed by atoms with Gasteiger partial charge >= 0.3 is 17.4 Å². The summed E-state index contributed by atoms with van der Waals surface area (Å²) >= 11 is -0.711. The maximum atomic E-state index is 13.3. The Morgan fingerprint density at radius 1 is 1.13 bits per heavy atom. The van der Waals surface area contributed by atoms with Crippen LogP contribution in [0.4, 0.5) is 18.2 Å². The van der Waals surface area contributed by atoms with Crippen molar-refractivity contribution in [3.05, 3.63) is 60.2 Å². The molecular formula is C18H14F3N3O4S3. The largest absolute Gasteiger partial charge is 0.390 e. The molecule has 1 atom stereocenters. The van der Waals surface area contributed by atoms with Gasteiger partial charge in [0.1, 0.15) is 5.00 Å². The molecule has 2 heterocycles. The lowest BCUT2D eigenvalue weighted by molar-refractivity contribution is -0.131. The summed E-state index contributed by atoms with van der Waals surface area (Å²) in [4.78, 5) is -0.184. The number of rotatable bonds is 6. The molecule has 3 aromatic rings. The fraction of sp³-hybridized carbons (Fsp3) is 0.167. The van der Waals surface area contributed by atoms with Crippen LogP contribution in [0.1, 0.15) is 12.0 Å². The Labute approximate surface area is 182 Å². The van der Waals surface area contributed by atoms with E-state index in [0.29, 0.717) is 5.56 Å². The molecule has 0 radical (unpaired) electrons. The summed E-state index contributed by atoms with van der Waals surface area (Å²) < 4.78 is 85.0. The van der Waals surface area contributed by atoms with Crippen molar-refractivity contribution in [1.29, 1.82) is 0 Å². The lowest BCUT2D eigenvalue weighted by Crippen LogP contribution is -2.33. The first kappa shape index (κ1) is 21.6. The average molecular weight is 490 g/mol. The van der Waals surface area contributed by atoms with Gasteiger partial charge < -0.3 is 0 Å². The lowest BCUT2D eigenvalue weighted by atomic mass is 10.2. The summed E-state index contributed by atoms with van der Waals surface area (Å²) in [7, 11) is -4.28. The van der Waals surface area contributed by atoms with E-state index < -0.39 is 40.4 Å². The average Bonchev–Trinajstić information content (AvgIpc) is 3.33. The number of anilines is 1. The Bertz CT molecular complexity index is 1240. The van der Waals surface area contributed by atoms with Crippen LogP contribution in [0.3, 0.4) is 0 Å². The van der Waals surface area contributed by atoms with E-state index in [-0.39, 0.29) is 15.7 Å². The van der Waals surface area contributed by atoms with Crippen LogP contribution in [0.15, 0.2) is 64.6 Å². The second-order valence-electron chi connectivity index (χ2n) is 6.44. The third kappa shape index (κ3) is 4.67. The van der Waals surface area contributed by atoms with Crippen molar-refractivity contribution in [3.63, 3.8) is 0 Å². The van der Waals surface area contributed by atoms with E-state index in [4.69, 9.17) is 0 Å². The van der Waals surface area contributed by atoms with Gasteiger partial charge in [-0.25, -0.2) is 8.42 Å². The van der Waals surface area contributed by atoms with E-state index in [0.717, 1.165) is 25.7 Å². The minimum absolute atomic E-state index is 0.153. The lowest BCUT2D eigenvalue weighted by Gasteiger charge is -2.23. The second-order valence-corrected chi connectivity index (χ2v) is 10.2. The van der Waals surface area contributed by atoms with Gasteiger partial charge in [-0.05, 0) is 46.9 Å². The number of hydrogen-bond acceptors (Lipinski definition) is 6. The minimum atomic E-state index is -4.52. The number of benzene rings is 2. The van der Waals surface area contributed by atoms with Crippen LogP contribution in [0.25, 0.3) is 10.1 Å². The van der Waals surface area contributed by atoms with Crippen LogP contribution in [0.2, 0.25) is 0 Å². The number of amidine groups is 1. The second kappa shape index (κ2) is 8.13. The quantitative estimate of drug-likeness (QED) is 0.569. The van der Waals surface area contributed by atoms with Crippen molar-refractivity contribution in [2.45, 2.75) is 17.5 Å². The highest BCUT2D eigenvalue weighted by atomic mass is 32.2. The number of sulfonamides is 1. The molecule has 31 heavy (non-hydrogen) atoms. The predicted molar refractivity (Wildman–Crippen MR) is 112 cm³/mol. The third-order valence-corrected chi connectivity index (χ3v) is 8.00. The van der Waals surface area contributed by atoms with E-state index in [2.05, 4.69) is 14.2 Å². The summed E-state index contributed by atoms with van der Waals surface area (Å²) in [5.41, 5.74) is 0.411. The molecule has 0 saturated heterocycles. The van der Waals surface area contributed by atoms with Crippen LogP contribution >= 0.6 is 11.3 Å². The molecule has 1 aliphatic heterocycles. The summed E-state index contributed by atoms with van der Waals surface area (Å²) in [5, 5.41) is 4.50. The van der Waals surface area contributed by atoms with Gasteiger partial charge in [-0.1, -0.05) is 18.2 Å².